The zero-order chi connectivity index (χ0) is 13.6. The van der Waals surface area contributed by atoms with Crippen LogP contribution >= 0.6 is 0 Å². The molecule has 1 heterocycles. The van der Waals surface area contributed by atoms with Gasteiger partial charge in [0.1, 0.15) is 0 Å². The first-order chi connectivity index (χ1) is 8.49. The lowest BCUT2D eigenvalue weighted by molar-refractivity contribution is -0.121. The van der Waals surface area contributed by atoms with E-state index >= 15 is 0 Å². The summed E-state index contributed by atoms with van der Waals surface area (Å²) in [6, 6.07) is 0.134. The maximum atomic E-state index is 12.0. The lowest BCUT2D eigenvalue weighted by Gasteiger charge is -2.31. The summed E-state index contributed by atoms with van der Waals surface area (Å²) in [6.07, 6.45) is 3.53. The molecular weight excluding hydrogens is 252 g/mol. The van der Waals surface area contributed by atoms with Gasteiger partial charge in [0.2, 0.25) is 15.9 Å². The lowest BCUT2D eigenvalue weighted by Crippen LogP contribution is -2.46. The van der Waals surface area contributed by atoms with Crippen LogP contribution in [0.5, 0.6) is 0 Å². The number of amides is 1. The number of piperidine rings is 1. The molecule has 0 aliphatic carbocycles. The van der Waals surface area contributed by atoms with E-state index in [4.69, 9.17) is 0 Å². The van der Waals surface area contributed by atoms with Crippen molar-refractivity contribution in [3.8, 4) is 0 Å². The average Bonchev–Trinajstić information content (AvgIpc) is 2.37. The van der Waals surface area contributed by atoms with Crippen molar-refractivity contribution in [3.05, 3.63) is 0 Å². The van der Waals surface area contributed by atoms with E-state index in [-0.39, 0.29) is 17.7 Å². The van der Waals surface area contributed by atoms with Gasteiger partial charge in [0, 0.05) is 25.6 Å². The molecule has 5 nitrogen and oxygen atoms in total. The molecule has 0 spiro atoms. The number of unbranched alkanes of at least 4 members (excludes halogenated alkanes) is 1. The number of sulfonamides is 1. The van der Waals surface area contributed by atoms with Crippen LogP contribution in [0.2, 0.25) is 0 Å². The van der Waals surface area contributed by atoms with E-state index in [9.17, 15) is 13.2 Å². The Balaban J connectivity index is 2.41. The van der Waals surface area contributed by atoms with E-state index in [1.54, 1.807) is 4.31 Å². The van der Waals surface area contributed by atoms with Crippen LogP contribution in [0.15, 0.2) is 0 Å². The molecule has 0 saturated carbocycles. The summed E-state index contributed by atoms with van der Waals surface area (Å²) in [6.45, 7) is 4.86. The molecule has 0 bridgehead atoms. The van der Waals surface area contributed by atoms with Crippen LogP contribution in [0.3, 0.4) is 0 Å². The second-order valence-corrected chi connectivity index (χ2v) is 6.85. The largest absolute Gasteiger partial charge is 0.353 e. The van der Waals surface area contributed by atoms with Crippen molar-refractivity contribution < 1.29 is 13.2 Å². The smallest absolute Gasteiger partial charge is 0.219 e. The number of hydrogen-bond acceptors (Lipinski definition) is 3. The highest BCUT2D eigenvalue weighted by molar-refractivity contribution is 7.89. The number of nitrogens with zero attached hydrogens (tertiary/aromatic N) is 1. The zero-order valence-electron chi connectivity index (χ0n) is 11.3. The van der Waals surface area contributed by atoms with Gasteiger partial charge in [-0.05, 0) is 19.3 Å². The molecule has 0 aromatic carbocycles. The predicted molar refractivity (Wildman–Crippen MR) is 71.7 cm³/mol. The summed E-state index contributed by atoms with van der Waals surface area (Å²) >= 11 is 0. The fourth-order valence-electron chi connectivity index (χ4n) is 2.06. The van der Waals surface area contributed by atoms with E-state index in [2.05, 4.69) is 5.32 Å². The first-order valence-corrected chi connectivity index (χ1v) is 8.37. The Bertz CT molecular complexity index is 360. The Hall–Kier alpha value is -0.620. The van der Waals surface area contributed by atoms with Crippen molar-refractivity contribution in [1.82, 2.24) is 9.62 Å². The molecule has 0 aromatic heterocycles. The summed E-state index contributed by atoms with van der Waals surface area (Å²) in [4.78, 5) is 11.3. The maximum Gasteiger partial charge on any atom is 0.219 e. The molecular formula is C12H24N2O3S. The van der Waals surface area contributed by atoms with Gasteiger partial charge < -0.3 is 5.32 Å². The van der Waals surface area contributed by atoms with Crippen LogP contribution in [-0.2, 0) is 14.8 Å². The van der Waals surface area contributed by atoms with Crippen LogP contribution in [0.1, 0.15) is 46.0 Å². The highest BCUT2D eigenvalue weighted by Gasteiger charge is 2.27. The average molecular weight is 276 g/mol. The minimum atomic E-state index is -3.08. The SMILES string of the molecule is CCCCS(=O)(=O)N1CCC(NC(=O)CC)CC1. The first-order valence-electron chi connectivity index (χ1n) is 6.76. The molecule has 18 heavy (non-hydrogen) atoms. The van der Waals surface area contributed by atoms with Gasteiger partial charge in [0.15, 0.2) is 0 Å². The molecule has 1 saturated heterocycles. The fourth-order valence-corrected chi connectivity index (χ4v) is 3.74. The summed E-state index contributed by atoms with van der Waals surface area (Å²) in [5, 5.41) is 2.92. The first kappa shape index (κ1) is 15.4. The van der Waals surface area contributed by atoms with Crippen molar-refractivity contribution in [2.24, 2.45) is 0 Å². The Labute approximate surface area is 110 Å². The van der Waals surface area contributed by atoms with Crippen molar-refractivity contribution in [2.75, 3.05) is 18.8 Å². The zero-order valence-corrected chi connectivity index (χ0v) is 12.1. The van der Waals surface area contributed by atoms with Gasteiger partial charge in [0.05, 0.1) is 5.75 Å². The lowest BCUT2D eigenvalue weighted by atomic mass is 10.1. The normalized spacial score (nSPS) is 18.8. The van der Waals surface area contributed by atoms with E-state index in [0.717, 1.165) is 25.7 Å². The Morgan fingerprint density at radius 2 is 1.89 bits per heavy atom. The van der Waals surface area contributed by atoms with Crippen molar-refractivity contribution >= 4 is 15.9 Å². The molecule has 1 fully saturated rings. The number of carbonyl (C=O) groups excluding carboxylic acids is 1. The van der Waals surface area contributed by atoms with E-state index in [0.29, 0.717) is 19.5 Å². The number of carbonyl (C=O) groups is 1. The molecule has 6 heteroatoms. The minimum absolute atomic E-state index is 0.0438. The second-order valence-electron chi connectivity index (χ2n) is 4.76. The van der Waals surface area contributed by atoms with Crippen molar-refractivity contribution in [2.45, 2.75) is 52.0 Å². The summed E-state index contributed by atoms with van der Waals surface area (Å²) < 4.78 is 25.5. The monoisotopic (exact) mass is 276 g/mol. The van der Waals surface area contributed by atoms with Crippen molar-refractivity contribution in [1.29, 1.82) is 0 Å². The van der Waals surface area contributed by atoms with Gasteiger partial charge in [-0.25, -0.2) is 12.7 Å². The van der Waals surface area contributed by atoms with Gasteiger partial charge >= 0.3 is 0 Å². The maximum absolute atomic E-state index is 12.0. The quantitative estimate of drug-likeness (QED) is 0.790. The molecule has 1 rings (SSSR count). The molecule has 1 amide bonds. The van der Waals surface area contributed by atoms with E-state index in [1.807, 2.05) is 13.8 Å². The third kappa shape index (κ3) is 4.57. The summed E-state index contributed by atoms with van der Waals surface area (Å²) in [7, 11) is -3.08. The Morgan fingerprint density at radius 1 is 1.28 bits per heavy atom. The van der Waals surface area contributed by atoms with Crippen LogP contribution in [0, 0.1) is 0 Å². The third-order valence-electron chi connectivity index (χ3n) is 3.29. The van der Waals surface area contributed by atoms with Crippen LogP contribution in [-0.4, -0.2) is 43.5 Å². The molecule has 0 unspecified atom stereocenters. The molecule has 0 atom stereocenters. The molecule has 0 aromatic rings. The second kappa shape index (κ2) is 7.09. The van der Waals surface area contributed by atoms with Crippen LogP contribution < -0.4 is 5.32 Å². The standard InChI is InChI=1S/C12H24N2O3S/c1-3-5-10-18(16,17)14-8-6-11(7-9-14)13-12(15)4-2/h11H,3-10H2,1-2H3,(H,13,15). The molecule has 1 N–H and O–H groups in total. The number of nitrogens with one attached hydrogen (secondary N) is 1. The highest BCUT2D eigenvalue weighted by atomic mass is 32.2. The van der Waals surface area contributed by atoms with Gasteiger partial charge in [-0.3, -0.25) is 4.79 Å². The van der Waals surface area contributed by atoms with E-state index in [1.165, 1.54) is 0 Å². The van der Waals surface area contributed by atoms with Crippen LogP contribution in [0.25, 0.3) is 0 Å². The van der Waals surface area contributed by atoms with Gasteiger partial charge in [0.25, 0.3) is 0 Å². The Morgan fingerprint density at radius 3 is 2.39 bits per heavy atom. The van der Waals surface area contributed by atoms with Gasteiger partial charge in [-0.1, -0.05) is 20.3 Å². The Kier molecular flexibility index (Phi) is 6.08. The molecule has 1 aliphatic rings. The summed E-state index contributed by atoms with van der Waals surface area (Å²) in [5.74, 6) is 0.289. The van der Waals surface area contributed by atoms with E-state index < -0.39 is 10.0 Å². The number of rotatable bonds is 6. The molecule has 1 aliphatic heterocycles. The van der Waals surface area contributed by atoms with Gasteiger partial charge in [-0.15, -0.1) is 0 Å². The molecule has 106 valence electrons. The topological polar surface area (TPSA) is 66.5 Å². The highest BCUT2D eigenvalue weighted by Crippen LogP contribution is 2.15. The number of hydrogen-bond donors (Lipinski definition) is 1. The third-order valence-corrected chi connectivity index (χ3v) is 5.25. The van der Waals surface area contributed by atoms with Crippen LogP contribution in [0.4, 0.5) is 0 Å². The fraction of sp³-hybridized carbons (Fsp3) is 0.917. The minimum Gasteiger partial charge on any atom is -0.353 e. The predicted octanol–water partition coefficient (Wildman–Crippen LogP) is 1.11. The molecule has 0 radical (unpaired) electrons. The van der Waals surface area contributed by atoms with Gasteiger partial charge in [-0.2, -0.15) is 0 Å². The summed E-state index contributed by atoms with van der Waals surface area (Å²) in [5.41, 5.74) is 0. The van der Waals surface area contributed by atoms with Crippen molar-refractivity contribution in [3.63, 3.8) is 0 Å².